The minimum absolute atomic E-state index is 0.105. The second-order valence-electron chi connectivity index (χ2n) is 6.15. The zero-order chi connectivity index (χ0) is 21.0. The number of pyridine rings is 1. The molecular formula is C20H16F3N3O3. The van der Waals surface area contributed by atoms with Gasteiger partial charge in [0.2, 0.25) is 5.91 Å². The number of aliphatic hydroxyl groups is 1. The minimum atomic E-state index is -4.56. The van der Waals surface area contributed by atoms with Gasteiger partial charge in [-0.1, -0.05) is 24.3 Å². The summed E-state index contributed by atoms with van der Waals surface area (Å²) in [5.41, 5.74) is -0.204. The molecule has 1 aromatic heterocycles. The van der Waals surface area contributed by atoms with Crippen LogP contribution < -0.4 is 10.6 Å². The summed E-state index contributed by atoms with van der Waals surface area (Å²) in [5, 5.41) is 14.7. The quantitative estimate of drug-likeness (QED) is 0.611. The van der Waals surface area contributed by atoms with Crippen molar-refractivity contribution < 1.29 is 27.9 Å². The number of para-hydroxylation sites is 1. The number of anilines is 1. The molecule has 0 fully saturated rings. The lowest BCUT2D eigenvalue weighted by molar-refractivity contribution is -0.137. The van der Waals surface area contributed by atoms with Crippen molar-refractivity contribution in [1.82, 2.24) is 10.3 Å². The van der Waals surface area contributed by atoms with Crippen molar-refractivity contribution in [3.63, 3.8) is 0 Å². The Morgan fingerprint density at radius 1 is 1.07 bits per heavy atom. The van der Waals surface area contributed by atoms with Crippen LogP contribution in [0.4, 0.5) is 18.9 Å². The van der Waals surface area contributed by atoms with Crippen LogP contribution in [0.5, 0.6) is 0 Å². The maximum atomic E-state index is 12.8. The third kappa shape index (κ3) is 4.69. The van der Waals surface area contributed by atoms with Gasteiger partial charge in [0.05, 0.1) is 23.3 Å². The average molecular weight is 403 g/mol. The molecule has 150 valence electrons. The molecule has 2 aromatic carbocycles. The number of rotatable bonds is 5. The molecule has 0 saturated carbocycles. The van der Waals surface area contributed by atoms with Crippen LogP contribution in [0.15, 0.2) is 60.8 Å². The van der Waals surface area contributed by atoms with Crippen LogP contribution in [-0.2, 0) is 11.0 Å². The number of alkyl halides is 3. The fraction of sp³-hybridized carbons (Fsp3) is 0.150. The second-order valence-corrected chi connectivity index (χ2v) is 6.15. The summed E-state index contributed by atoms with van der Waals surface area (Å²) in [4.78, 5) is 29.1. The zero-order valence-corrected chi connectivity index (χ0v) is 14.9. The van der Waals surface area contributed by atoms with Crippen molar-refractivity contribution in [2.75, 3.05) is 11.9 Å². The fourth-order valence-corrected chi connectivity index (χ4v) is 2.73. The molecule has 1 atom stereocenters. The smallest absolute Gasteiger partial charge is 0.394 e. The van der Waals surface area contributed by atoms with Gasteiger partial charge in [-0.2, -0.15) is 13.2 Å². The molecule has 3 N–H and O–H groups in total. The number of fused-ring (bicyclic) bond motifs is 1. The summed E-state index contributed by atoms with van der Waals surface area (Å²) in [7, 11) is 0. The number of halogens is 3. The van der Waals surface area contributed by atoms with Gasteiger partial charge < -0.3 is 15.7 Å². The molecular weight excluding hydrogens is 387 g/mol. The van der Waals surface area contributed by atoms with Gasteiger partial charge in [0, 0.05) is 17.3 Å². The number of amides is 2. The topological polar surface area (TPSA) is 91.3 Å². The Hall–Kier alpha value is -3.46. The molecule has 0 aliphatic rings. The normalized spacial score (nSPS) is 12.4. The first-order valence-electron chi connectivity index (χ1n) is 8.53. The minimum Gasteiger partial charge on any atom is -0.394 e. The molecule has 0 saturated heterocycles. The predicted molar refractivity (Wildman–Crippen MR) is 100 cm³/mol. The number of hydrogen-bond donors (Lipinski definition) is 3. The van der Waals surface area contributed by atoms with Gasteiger partial charge in [-0.05, 0) is 30.3 Å². The van der Waals surface area contributed by atoms with E-state index in [0.29, 0.717) is 10.9 Å². The van der Waals surface area contributed by atoms with E-state index in [1.807, 2.05) is 0 Å². The number of carbonyl (C=O) groups is 2. The molecule has 0 radical (unpaired) electrons. The van der Waals surface area contributed by atoms with Crippen molar-refractivity contribution in [2.45, 2.75) is 12.2 Å². The fourth-order valence-electron chi connectivity index (χ4n) is 2.73. The highest BCUT2D eigenvalue weighted by Crippen LogP contribution is 2.30. The molecule has 0 aliphatic heterocycles. The third-order valence-corrected chi connectivity index (χ3v) is 4.16. The van der Waals surface area contributed by atoms with E-state index in [9.17, 15) is 27.9 Å². The van der Waals surface area contributed by atoms with E-state index in [-0.39, 0.29) is 11.3 Å². The first-order valence-corrected chi connectivity index (χ1v) is 8.53. The monoisotopic (exact) mass is 403 g/mol. The van der Waals surface area contributed by atoms with E-state index in [1.54, 1.807) is 24.3 Å². The molecule has 9 heteroatoms. The molecule has 0 unspecified atom stereocenters. The van der Waals surface area contributed by atoms with Gasteiger partial charge in [-0.15, -0.1) is 0 Å². The average Bonchev–Trinajstić information content (AvgIpc) is 2.70. The van der Waals surface area contributed by atoms with Gasteiger partial charge in [0.1, 0.15) is 6.04 Å². The first-order chi connectivity index (χ1) is 13.8. The zero-order valence-electron chi connectivity index (χ0n) is 14.9. The lowest BCUT2D eigenvalue weighted by atomic mass is 10.1. The molecule has 1 heterocycles. The summed E-state index contributed by atoms with van der Waals surface area (Å²) >= 11 is 0. The Morgan fingerprint density at radius 2 is 1.83 bits per heavy atom. The van der Waals surface area contributed by atoms with Crippen LogP contribution in [-0.4, -0.2) is 34.6 Å². The van der Waals surface area contributed by atoms with Gasteiger partial charge in [-0.25, -0.2) is 0 Å². The number of benzene rings is 2. The number of nitrogens with one attached hydrogen (secondary N) is 2. The lowest BCUT2D eigenvalue weighted by Gasteiger charge is -2.17. The Bertz CT molecular complexity index is 1050. The van der Waals surface area contributed by atoms with E-state index in [1.165, 1.54) is 18.3 Å². The van der Waals surface area contributed by atoms with E-state index in [2.05, 4.69) is 15.6 Å². The molecule has 3 aromatic rings. The highest BCUT2D eigenvalue weighted by molar-refractivity contribution is 6.08. The van der Waals surface area contributed by atoms with E-state index >= 15 is 0 Å². The Morgan fingerprint density at radius 3 is 2.55 bits per heavy atom. The molecule has 3 rings (SSSR count). The molecule has 0 bridgehead atoms. The maximum absolute atomic E-state index is 12.8. The number of nitrogens with zero attached hydrogens (tertiary/aromatic N) is 1. The van der Waals surface area contributed by atoms with Crippen LogP contribution in [0.25, 0.3) is 10.9 Å². The largest absolute Gasteiger partial charge is 0.416 e. The van der Waals surface area contributed by atoms with Gasteiger partial charge >= 0.3 is 6.18 Å². The maximum Gasteiger partial charge on any atom is 0.416 e. The molecule has 6 nitrogen and oxygen atoms in total. The second kappa shape index (κ2) is 8.27. The third-order valence-electron chi connectivity index (χ3n) is 4.16. The molecule has 0 spiro atoms. The summed E-state index contributed by atoms with van der Waals surface area (Å²) in [6, 6.07) is 11.1. The first kappa shape index (κ1) is 20.3. The van der Waals surface area contributed by atoms with Crippen LogP contribution in [0, 0.1) is 0 Å². The van der Waals surface area contributed by atoms with E-state index < -0.39 is 36.2 Å². The van der Waals surface area contributed by atoms with Gasteiger partial charge in [0.15, 0.2) is 0 Å². The van der Waals surface area contributed by atoms with Crippen LogP contribution in [0.1, 0.15) is 15.9 Å². The number of aliphatic hydroxyl groups excluding tert-OH is 1. The van der Waals surface area contributed by atoms with Crippen LogP contribution >= 0.6 is 0 Å². The van der Waals surface area contributed by atoms with Crippen molar-refractivity contribution in [2.24, 2.45) is 0 Å². The molecule has 29 heavy (non-hydrogen) atoms. The molecule has 0 aliphatic carbocycles. The standard InChI is InChI=1S/C20H16F3N3O3/c21-20(22,23)12-4-3-5-13(10-12)25-19(29)17(11-27)26-18(28)15-8-9-24-16-7-2-1-6-14(15)16/h1-10,17,27H,11H2,(H,25,29)(H,26,28)/t17-/m0/s1. The SMILES string of the molecule is O=C(N[C@@H](CO)C(=O)Nc1cccc(C(F)(F)F)c1)c1ccnc2ccccc12. The highest BCUT2D eigenvalue weighted by Gasteiger charge is 2.31. The highest BCUT2D eigenvalue weighted by atomic mass is 19.4. The van der Waals surface area contributed by atoms with Crippen molar-refractivity contribution in [3.8, 4) is 0 Å². The number of hydrogen-bond acceptors (Lipinski definition) is 4. The van der Waals surface area contributed by atoms with Gasteiger partial charge in [-0.3, -0.25) is 14.6 Å². The predicted octanol–water partition coefficient (Wildman–Crippen LogP) is 2.98. The Balaban J connectivity index is 1.76. The number of carbonyl (C=O) groups excluding carboxylic acids is 2. The van der Waals surface area contributed by atoms with Crippen molar-refractivity contribution in [1.29, 1.82) is 0 Å². The Kier molecular flexibility index (Phi) is 5.79. The summed E-state index contributed by atoms with van der Waals surface area (Å²) in [6.07, 6.45) is -3.12. The number of aromatic nitrogens is 1. The van der Waals surface area contributed by atoms with E-state index in [0.717, 1.165) is 18.2 Å². The van der Waals surface area contributed by atoms with Gasteiger partial charge in [0.25, 0.3) is 5.91 Å². The summed E-state index contributed by atoms with van der Waals surface area (Å²) in [6.45, 7) is -0.737. The van der Waals surface area contributed by atoms with Crippen molar-refractivity contribution >= 4 is 28.4 Å². The summed E-state index contributed by atoms with van der Waals surface area (Å²) < 4.78 is 38.4. The van der Waals surface area contributed by atoms with Crippen LogP contribution in [0.2, 0.25) is 0 Å². The summed E-state index contributed by atoms with van der Waals surface area (Å²) in [5.74, 6) is -1.47. The molecule has 2 amide bonds. The van der Waals surface area contributed by atoms with Crippen molar-refractivity contribution in [3.05, 3.63) is 71.9 Å². The van der Waals surface area contributed by atoms with Crippen LogP contribution in [0.3, 0.4) is 0 Å². The Labute approximate surface area is 163 Å². The van der Waals surface area contributed by atoms with E-state index in [4.69, 9.17) is 0 Å². The lowest BCUT2D eigenvalue weighted by Crippen LogP contribution is -2.46.